The SMILES string of the molecule is C=CCOc1ccc(-c2ccc(Br)c(=O)n2C)c(C)c1. The van der Waals surface area contributed by atoms with Crippen LogP contribution in [0.3, 0.4) is 0 Å². The standard InChI is InChI=1S/C16H16BrNO2/c1-4-9-20-12-5-6-13(11(2)10-12)15-8-7-14(17)16(19)18(15)3/h4-8,10H,1,9H2,2-3H3. The van der Waals surface area contributed by atoms with Gasteiger partial charge in [-0.25, -0.2) is 0 Å². The summed E-state index contributed by atoms with van der Waals surface area (Å²) in [5.41, 5.74) is 2.91. The molecule has 0 aliphatic carbocycles. The maximum absolute atomic E-state index is 12.0. The zero-order valence-electron chi connectivity index (χ0n) is 11.5. The Hall–Kier alpha value is -1.81. The van der Waals surface area contributed by atoms with E-state index in [1.54, 1.807) is 23.8 Å². The van der Waals surface area contributed by atoms with Gasteiger partial charge in [-0.1, -0.05) is 12.7 Å². The second-order valence-electron chi connectivity index (χ2n) is 4.51. The molecule has 1 aromatic heterocycles. The summed E-state index contributed by atoms with van der Waals surface area (Å²) in [4.78, 5) is 12.0. The van der Waals surface area contributed by atoms with Crippen molar-refractivity contribution in [3.05, 3.63) is 63.4 Å². The van der Waals surface area contributed by atoms with E-state index in [1.165, 1.54) is 0 Å². The van der Waals surface area contributed by atoms with Crippen LogP contribution in [-0.2, 0) is 7.05 Å². The third-order valence-corrected chi connectivity index (χ3v) is 3.70. The first kappa shape index (κ1) is 14.6. The summed E-state index contributed by atoms with van der Waals surface area (Å²) in [7, 11) is 1.77. The molecule has 4 heteroatoms. The number of nitrogens with zero attached hydrogens (tertiary/aromatic N) is 1. The summed E-state index contributed by atoms with van der Waals surface area (Å²) < 4.78 is 7.70. The number of rotatable bonds is 4. The van der Waals surface area contributed by atoms with E-state index in [0.717, 1.165) is 22.6 Å². The van der Waals surface area contributed by atoms with Crippen LogP contribution in [-0.4, -0.2) is 11.2 Å². The molecule has 0 N–H and O–H groups in total. The lowest BCUT2D eigenvalue weighted by Gasteiger charge is -2.13. The molecule has 0 fully saturated rings. The van der Waals surface area contributed by atoms with Crippen LogP contribution >= 0.6 is 15.9 Å². The van der Waals surface area contributed by atoms with E-state index >= 15 is 0 Å². The summed E-state index contributed by atoms with van der Waals surface area (Å²) in [6, 6.07) is 9.54. The molecule has 0 radical (unpaired) electrons. The second kappa shape index (κ2) is 6.09. The predicted molar refractivity (Wildman–Crippen MR) is 85.2 cm³/mol. The van der Waals surface area contributed by atoms with Gasteiger partial charge in [0.1, 0.15) is 12.4 Å². The van der Waals surface area contributed by atoms with Crippen molar-refractivity contribution in [2.45, 2.75) is 6.92 Å². The molecular formula is C16H16BrNO2. The van der Waals surface area contributed by atoms with Crippen LogP contribution in [0.25, 0.3) is 11.3 Å². The van der Waals surface area contributed by atoms with E-state index in [1.807, 2.05) is 31.2 Å². The number of pyridine rings is 1. The zero-order chi connectivity index (χ0) is 14.7. The Morgan fingerprint density at radius 1 is 1.35 bits per heavy atom. The Balaban J connectivity index is 2.46. The Kier molecular flexibility index (Phi) is 4.45. The van der Waals surface area contributed by atoms with Gasteiger partial charge in [0.15, 0.2) is 0 Å². The van der Waals surface area contributed by atoms with Gasteiger partial charge >= 0.3 is 0 Å². The van der Waals surface area contributed by atoms with Crippen LogP contribution < -0.4 is 10.3 Å². The van der Waals surface area contributed by atoms with Crippen molar-refractivity contribution in [3.8, 4) is 17.0 Å². The van der Waals surface area contributed by atoms with Gasteiger partial charge in [-0.15, -0.1) is 0 Å². The molecule has 1 aromatic carbocycles. The average molecular weight is 334 g/mol. The van der Waals surface area contributed by atoms with Crippen LogP contribution in [0.4, 0.5) is 0 Å². The molecule has 0 bridgehead atoms. The highest BCUT2D eigenvalue weighted by Crippen LogP contribution is 2.26. The van der Waals surface area contributed by atoms with Crippen LogP contribution in [0.15, 0.2) is 52.3 Å². The van der Waals surface area contributed by atoms with Crippen LogP contribution in [0.2, 0.25) is 0 Å². The number of aromatic nitrogens is 1. The topological polar surface area (TPSA) is 31.2 Å². The minimum atomic E-state index is -0.0473. The van der Waals surface area contributed by atoms with Crippen LogP contribution in [0, 0.1) is 6.92 Å². The van der Waals surface area contributed by atoms with Gasteiger partial charge in [0.2, 0.25) is 0 Å². The molecule has 0 aliphatic rings. The predicted octanol–water partition coefficient (Wildman–Crippen LogP) is 3.69. The molecule has 0 saturated heterocycles. The summed E-state index contributed by atoms with van der Waals surface area (Å²) in [6.45, 7) is 6.11. The molecule has 2 rings (SSSR count). The van der Waals surface area contributed by atoms with Gasteiger partial charge in [0.25, 0.3) is 5.56 Å². The summed E-state index contributed by atoms with van der Waals surface area (Å²) in [6.07, 6.45) is 1.71. The highest BCUT2D eigenvalue weighted by Gasteiger charge is 2.09. The highest BCUT2D eigenvalue weighted by atomic mass is 79.9. The first-order valence-corrected chi connectivity index (χ1v) is 7.04. The third-order valence-electron chi connectivity index (χ3n) is 3.10. The fourth-order valence-electron chi connectivity index (χ4n) is 2.04. The molecule has 20 heavy (non-hydrogen) atoms. The maximum Gasteiger partial charge on any atom is 0.265 e. The lowest BCUT2D eigenvalue weighted by Crippen LogP contribution is -2.18. The lowest BCUT2D eigenvalue weighted by atomic mass is 10.0. The van der Waals surface area contributed by atoms with E-state index in [2.05, 4.69) is 22.5 Å². The first-order valence-electron chi connectivity index (χ1n) is 6.25. The summed E-state index contributed by atoms with van der Waals surface area (Å²) in [5, 5.41) is 0. The minimum absolute atomic E-state index is 0.0473. The molecule has 0 aliphatic heterocycles. The smallest absolute Gasteiger partial charge is 0.265 e. The average Bonchev–Trinajstić information content (AvgIpc) is 2.44. The van der Waals surface area contributed by atoms with Crippen LogP contribution in [0.5, 0.6) is 5.75 Å². The minimum Gasteiger partial charge on any atom is -0.490 e. The Morgan fingerprint density at radius 2 is 2.10 bits per heavy atom. The number of ether oxygens (including phenoxy) is 1. The van der Waals surface area contributed by atoms with Crippen molar-refractivity contribution in [3.63, 3.8) is 0 Å². The van der Waals surface area contributed by atoms with Crippen molar-refractivity contribution < 1.29 is 4.74 Å². The number of aryl methyl sites for hydroxylation is 1. The molecule has 0 atom stereocenters. The van der Waals surface area contributed by atoms with E-state index in [0.29, 0.717) is 11.1 Å². The largest absolute Gasteiger partial charge is 0.490 e. The molecule has 0 spiro atoms. The molecule has 0 saturated carbocycles. The van der Waals surface area contributed by atoms with Crippen molar-refractivity contribution >= 4 is 15.9 Å². The lowest BCUT2D eigenvalue weighted by molar-refractivity contribution is 0.363. The maximum atomic E-state index is 12.0. The zero-order valence-corrected chi connectivity index (χ0v) is 13.1. The number of hydrogen-bond donors (Lipinski definition) is 0. The van der Waals surface area contributed by atoms with Crippen LogP contribution in [0.1, 0.15) is 5.56 Å². The fourth-order valence-corrected chi connectivity index (χ4v) is 2.44. The van der Waals surface area contributed by atoms with E-state index in [-0.39, 0.29) is 5.56 Å². The molecule has 3 nitrogen and oxygen atoms in total. The van der Waals surface area contributed by atoms with Gasteiger partial charge in [-0.3, -0.25) is 4.79 Å². The number of benzene rings is 1. The van der Waals surface area contributed by atoms with Crippen molar-refractivity contribution in [2.75, 3.05) is 6.61 Å². The Morgan fingerprint density at radius 3 is 2.75 bits per heavy atom. The third kappa shape index (κ3) is 2.85. The molecular weight excluding hydrogens is 318 g/mol. The molecule has 104 valence electrons. The monoisotopic (exact) mass is 333 g/mol. The van der Waals surface area contributed by atoms with Gasteiger partial charge in [0, 0.05) is 12.6 Å². The summed E-state index contributed by atoms with van der Waals surface area (Å²) >= 11 is 3.25. The molecule has 1 heterocycles. The highest BCUT2D eigenvalue weighted by molar-refractivity contribution is 9.10. The quantitative estimate of drug-likeness (QED) is 0.799. The van der Waals surface area contributed by atoms with Crippen molar-refractivity contribution in [1.29, 1.82) is 0 Å². The molecule has 0 unspecified atom stereocenters. The van der Waals surface area contributed by atoms with Gasteiger partial charge in [-0.05, 0) is 58.7 Å². The van der Waals surface area contributed by atoms with Crippen molar-refractivity contribution in [1.82, 2.24) is 4.57 Å². The fraction of sp³-hybridized carbons (Fsp3) is 0.188. The normalized spacial score (nSPS) is 10.3. The second-order valence-corrected chi connectivity index (χ2v) is 5.36. The molecule has 2 aromatic rings. The summed E-state index contributed by atoms with van der Waals surface area (Å²) in [5.74, 6) is 0.799. The van der Waals surface area contributed by atoms with E-state index < -0.39 is 0 Å². The van der Waals surface area contributed by atoms with Gasteiger partial charge in [-0.2, -0.15) is 0 Å². The van der Waals surface area contributed by atoms with Gasteiger partial charge < -0.3 is 9.30 Å². The number of hydrogen-bond acceptors (Lipinski definition) is 2. The first-order chi connectivity index (χ1) is 9.54. The van der Waals surface area contributed by atoms with Crippen molar-refractivity contribution in [2.24, 2.45) is 7.05 Å². The Bertz CT molecular complexity index is 704. The molecule has 0 amide bonds. The van der Waals surface area contributed by atoms with E-state index in [4.69, 9.17) is 4.74 Å². The van der Waals surface area contributed by atoms with E-state index in [9.17, 15) is 4.79 Å². The Labute approximate surface area is 126 Å². The number of halogens is 1. The van der Waals surface area contributed by atoms with Gasteiger partial charge in [0.05, 0.1) is 10.2 Å².